The second kappa shape index (κ2) is 30.9. The van der Waals surface area contributed by atoms with Crippen LogP contribution in [0.5, 0.6) is 23.0 Å². The van der Waals surface area contributed by atoms with Crippen LogP contribution in [0.3, 0.4) is 0 Å². The van der Waals surface area contributed by atoms with Crippen molar-refractivity contribution in [1.29, 1.82) is 0 Å². The molecule has 1 aliphatic heterocycles. The topological polar surface area (TPSA) is 205 Å². The van der Waals surface area contributed by atoms with Crippen LogP contribution in [0.25, 0.3) is 0 Å². The fourth-order valence-corrected chi connectivity index (χ4v) is 8.54. The van der Waals surface area contributed by atoms with E-state index < -0.39 is 23.5 Å². The minimum Gasteiger partial charge on any atom is -0.508 e. The molecule has 4 atom stereocenters. The maximum Gasteiger partial charge on any atom is 0.308 e. The molecule has 1 heterocycles. The molecule has 17 heteroatoms. The normalized spacial score (nSPS) is 13.7. The van der Waals surface area contributed by atoms with Crippen molar-refractivity contribution >= 4 is 75.7 Å². The van der Waals surface area contributed by atoms with E-state index in [0.717, 1.165) is 69.8 Å². The van der Waals surface area contributed by atoms with Crippen LogP contribution >= 0.6 is 23.2 Å². The van der Waals surface area contributed by atoms with Crippen molar-refractivity contribution in [3.05, 3.63) is 134 Å². The number of aryl methyl sites for hydroxylation is 6. The van der Waals surface area contributed by atoms with Crippen molar-refractivity contribution in [2.75, 3.05) is 22.2 Å². The van der Waals surface area contributed by atoms with Crippen LogP contribution in [0.4, 0.5) is 17.1 Å². The van der Waals surface area contributed by atoms with Crippen LogP contribution in [0.1, 0.15) is 133 Å². The number of rotatable bonds is 21. The highest BCUT2D eigenvalue weighted by atomic mass is 35.5. The van der Waals surface area contributed by atoms with E-state index in [-0.39, 0.29) is 53.4 Å². The van der Waals surface area contributed by atoms with E-state index in [1.807, 2.05) is 91.8 Å². The molecule has 0 saturated heterocycles. The van der Waals surface area contributed by atoms with Crippen molar-refractivity contribution in [3.63, 3.8) is 0 Å². The number of aromatic hydroxyl groups is 2. The number of phenols is 2. The van der Waals surface area contributed by atoms with Gasteiger partial charge in [-0.1, -0.05) is 125 Å². The van der Waals surface area contributed by atoms with Crippen LogP contribution in [-0.4, -0.2) is 64.5 Å². The zero-order chi connectivity index (χ0) is 58.6. The van der Waals surface area contributed by atoms with Gasteiger partial charge in [0.05, 0.1) is 29.7 Å². The number of esters is 1. The van der Waals surface area contributed by atoms with Gasteiger partial charge < -0.3 is 40.4 Å². The van der Waals surface area contributed by atoms with Gasteiger partial charge in [-0.2, -0.15) is 10.1 Å². The molecule has 79 heavy (non-hydrogen) atoms. The van der Waals surface area contributed by atoms with E-state index in [1.54, 1.807) is 63.2 Å². The number of carbonyl (C=O) groups is 5. The number of nitrogens with zero attached hydrogens (tertiary/aromatic N) is 2. The third kappa shape index (κ3) is 19.6. The van der Waals surface area contributed by atoms with Crippen LogP contribution in [0.2, 0.25) is 10.0 Å². The number of benzene rings is 5. The smallest absolute Gasteiger partial charge is 0.308 e. The van der Waals surface area contributed by atoms with Gasteiger partial charge in [-0.05, 0) is 145 Å². The summed E-state index contributed by atoms with van der Waals surface area (Å²) in [5.74, 6) is 0.204. The Morgan fingerprint density at radius 1 is 0.684 bits per heavy atom. The Hall–Kier alpha value is -7.10. The maximum absolute atomic E-state index is 13.0. The van der Waals surface area contributed by atoms with E-state index in [0.29, 0.717) is 65.1 Å². The highest BCUT2D eigenvalue weighted by Crippen LogP contribution is 2.34. The Bertz CT molecular complexity index is 2950. The number of carbonyl (C=O) groups excluding carboxylic acids is 5. The Morgan fingerprint density at radius 3 is 1.71 bits per heavy atom. The molecular weight excluding hydrogens is 1050 g/mol. The Balaban J connectivity index is 0.000000259. The molecule has 0 radical (unpaired) electrons. The van der Waals surface area contributed by atoms with Crippen molar-refractivity contribution in [3.8, 4) is 23.0 Å². The average molecular weight is 1130 g/mol. The quantitative estimate of drug-likeness (QED) is 0.0347. The van der Waals surface area contributed by atoms with Gasteiger partial charge in [0.15, 0.2) is 12.2 Å². The predicted molar refractivity (Wildman–Crippen MR) is 316 cm³/mol. The molecule has 4 amide bonds. The van der Waals surface area contributed by atoms with Crippen molar-refractivity contribution in [2.24, 2.45) is 16.4 Å². The van der Waals surface area contributed by atoms with Gasteiger partial charge in [0, 0.05) is 33.9 Å². The number of amidine groups is 1. The van der Waals surface area contributed by atoms with Gasteiger partial charge >= 0.3 is 5.97 Å². The summed E-state index contributed by atoms with van der Waals surface area (Å²) in [6.45, 7) is 23.4. The lowest BCUT2D eigenvalue weighted by atomic mass is 9.78. The molecule has 0 fully saturated rings. The van der Waals surface area contributed by atoms with Gasteiger partial charge in [-0.25, -0.2) is 0 Å². The predicted octanol–water partition coefficient (Wildman–Crippen LogP) is 14.0. The minimum atomic E-state index is -0.824. The number of hydrogen-bond acceptors (Lipinski definition) is 11. The van der Waals surface area contributed by atoms with E-state index in [9.17, 15) is 34.2 Å². The first-order valence-electron chi connectivity index (χ1n) is 26.9. The summed E-state index contributed by atoms with van der Waals surface area (Å²) in [6.07, 6.45) is 4.47. The molecule has 5 aromatic rings. The van der Waals surface area contributed by atoms with E-state index in [2.05, 4.69) is 28.0 Å². The lowest BCUT2D eigenvalue weighted by molar-refractivity contribution is -0.150. The number of hydrazone groups is 1. The summed E-state index contributed by atoms with van der Waals surface area (Å²) >= 11 is 12.2. The summed E-state index contributed by atoms with van der Waals surface area (Å²) in [7, 11) is 0. The standard InChI is InChI=1S/C22H29Cl2N3O4.C21H27NO3.C19H23NO3/c1-5-7-10-31-20(29)14(3)13-22(4,6-2)21(30)25-18-12-19(28)27(26-18)17-11-15(23)8-9-16(17)24;1-5-6-7-20(25-19-11-8-14(2)12-16(19)4)21(24)22-17-10-9-15(3)18(23)13-17;1-5-17(23-18-9-6-12(2)10-14(18)4)19(22)20-15-8-7-13(3)16(21)11-15/h8-9,11,14H,5-7,10,12-13H2,1-4H3,(H,25,26,30);8-13,20,23H,5-7H2,1-4H3,(H,22,24);6-11,17,21H,5H2,1-4H3,(H,20,22). The molecule has 0 bridgehead atoms. The maximum atomic E-state index is 13.0. The number of amides is 4. The molecule has 15 nitrogen and oxygen atoms in total. The summed E-state index contributed by atoms with van der Waals surface area (Å²) < 4.78 is 17.2. The first-order valence-corrected chi connectivity index (χ1v) is 27.7. The largest absolute Gasteiger partial charge is 0.508 e. The molecule has 5 aromatic carbocycles. The molecule has 4 unspecified atom stereocenters. The molecule has 6 rings (SSSR count). The molecule has 426 valence electrons. The zero-order valence-electron chi connectivity index (χ0n) is 47.8. The first kappa shape index (κ1) is 64.4. The minimum absolute atomic E-state index is 0.0665. The highest BCUT2D eigenvalue weighted by molar-refractivity contribution is 6.36. The van der Waals surface area contributed by atoms with Crippen molar-refractivity contribution < 1.29 is 48.4 Å². The van der Waals surface area contributed by atoms with Crippen molar-refractivity contribution in [1.82, 2.24) is 5.32 Å². The van der Waals surface area contributed by atoms with E-state index in [4.69, 9.17) is 37.4 Å². The lowest BCUT2D eigenvalue weighted by Gasteiger charge is -2.29. The van der Waals surface area contributed by atoms with Crippen LogP contribution in [0, 0.1) is 52.9 Å². The molecule has 0 spiro atoms. The molecule has 0 aromatic heterocycles. The Kier molecular flexibility index (Phi) is 25.2. The fraction of sp³-hybridized carbons (Fsp3) is 0.419. The number of phenolic OH excluding ortho intramolecular Hbond substituents is 2. The number of nitrogens with one attached hydrogen (secondary N) is 3. The summed E-state index contributed by atoms with van der Waals surface area (Å²) in [6, 6.07) is 26.7. The number of hydrogen-bond donors (Lipinski definition) is 5. The van der Waals surface area contributed by atoms with Gasteiger partial charge in [0.2, 0.25) is 5.91 Å². The van der Waals surface area contributed by atoms with Gasteiger partial charge in [0.1, 0.15) is 28.8 Å². The molecule has 0 aliphatic carbocycles. The Labute approximate surface area is 476 Å². The molecule has 5 N–H and O–H groups in total. The summed E-state index contributed by atoms with van der Waals surface area (Å²) in [5, 5.41) is 34.0. The lowest BCUT2D eigenvalue weighted by Crippen LogP contribution is -2.43. The molecule has 0 saturated carbocycles. The second-order valence-electron chi connectivity index (χ2n) is 20.3. The number of anilines is 3. The van der Waals surface area contributed by atoms with Crippen LogP contribution in [-0.2, 0) is 28.7 Å². The van der Waals surface area contributed by atoms with E-state index in [1.165, 1.54) is 12.1 Å². The highest BCUT2D eigenvalue weighted by Gasteiger charge is 2.38. The monoisotopic (exact) mass is 1120 g/mol. The summed E-state index contributed by atoms with van der Waals surface area (Å²) in [4.78, 5) is 62.8. The third-order valence-electron chi connectivity index (χ3n) is 13.3. The van der Waals surface area contributed by atoms with Crippen LogP contribution in [0.15, 0.2) is 96.1 Å². The molecule has 1 aliphatic rings. The molecular formula is C62H79Cl2N5O10. The first-order chi connectivity index (χ1) is 37.4. The van der Waals surface area contributed by atoms with Gasteiger partial charge in [-0.3, -0.25) is 24.0 Å². The van der Waals surface area contributed by atoms with E-state index >= 15 is 0 Å². The summed E-state index contributed by atoms with van der Waals surface area (Å²) in [5.41, 5.74) is 6.53. The fourth-order valence-electron chi connectivity index (χ4n) is 8.18. The average Bonchev–Trinajstić information content (AvgIpc) is 3.79. The SMILES string of the molecule is CCC(Oc1ccc(C)cc1C)C(=O)Nc1ccc(C)c(O)c1.CCCCC(Oc1ccc(C)cc1C)C(=O)Nc1ccc(C)c(O)c1.CCCCOC(=O)C(C)CC(C)(CC)C(=O)NC1=NN(c2cc(Cl)ccc2Cl)C(=O)C1. The second-order valence-corrected chi connectivity index (χ2v) is 21.1. The van der Waals surface area contributed by atoms with Crippen molar-refractivity contribution in [2.45, 2.75) is 153 Å². The van der Waals surface area contributed by atoms with Crippen LogP contribution < -0.4 is 30.4 Å². The number of ether oxygens (including phenoxy) is 3. The third-order valence-corrected chi connectivity index (χ3v) is 13.9. The number of halogens is 2. The zero-order valence-corrected chi connectivity index (χ0v) is 49.3. The van der Waals surface area contributed by atoms with Gasteiger partial charge in [-0.15, -0.1) is 0 Å². The van der Waals surface area contributed by atoms with Gasteiger partial charge in [0.25, 0.3) is 17.7 Å². The number of unbranched alkanes of at least 4 members (excludes halogenated alkanes) is 2. The Morgan fingerprint density at radius 2 is 1.22 bits per heavy atom.